The molecule has 160 valence electrons. The van der Waals surface area contributed by atoms with E-state index in [-0.39, 0.29) is 11.5 Å². The summed E-state index contributed by atoms with van der Waals surface area (Å²) in [4.78, 5) is 13.4. The highest BCUT2D eigenvalue weighted by atomic mass is 19.4. The average Bonchev–Trinajstić information content (AvgIpc) is 3.29. The van der Waals surface area contributed by atoms with E-state index < -0.39 is 12.1 Å². The summed E-state index contributed by atoms with van der Waals surface area (Å²) in [6.07, 6.45) is -5.07. The third-order valence-corrected chi connectivity index (χ3v) is 5.31. The van der Waals surface area contributed by atoms with Gasteiger partial charge in [0.2, 0.25) is 0 Å². The van der Waals surface area contributed by atoms with Gasteiger partial charge in [0.05, 0.1) is 0 Å². The summed E-state index contributed by atoms with van der Waals surface area (Å²) < 4.78 is 44.2. The molecule has 0 N–H and O–H groups in total. The van der Waals surface area contributed by atoms with Crippen LogP contribution < -0.4 is 14.6 Å². The number of hydrogen-bond donors (Lipinski definition) is 0. The molecule has 32 heavy (non-hydrogen) atoms. The Morgan fingerprint density at radius 2 is 1.50 bits per heavy atom. The Balaban J connectivity index is 1.91. The molecule has 0 fully saturated rings. The van der Waals surface area contributed by atoms with E-state index in [1.54, 1.807) is 41.8 Å². The fourth-order valence-corrected chi connectivity index (χ4v) is 3.98. The summed E-state index contributed by atoms with van der Waals surface area (Å²) in [5, 5.41) is 4.55. The Hall–Kier alpha value is -4.07. The molecule has 2 heterocycles. The number of nitrogens with zero attached hydrogens (tertiary/aromatic N) is 4. The van der Waals surface area contributed by atoms with Crippen LogP contribution in [0.1, 0.15) is 5.56 Å². The van der Waals surface area contributed by atoms with E-state index in [4.69, 9.17) is 0 Å². The van der Waals surface area contributed by atoms with E-state index in [0.717, 1.165) is 5.56 Å². The molecule has 3 aromatic carbocycles. The van der Waals surface area contributed by atoms with Crippen LogP contribution in [0.25, 0.3) is 22.3 Å². The van der Waals surface area contributed by atoms with E-state index in [9.17, 15) is 18.0 Å². The zero-order chi connectivity index (χ0) is 22.5. The van der Waals surface area contributed by atoms with E-state index >= 15 is 0 Å². The van der Waals surface area contributed by atoms with Gasteiger partial charge in [0, 0.05) is 22.3 Å². The highest BCUT2D eigenvalue weighted by Crippen LogP contribution is 2.36. The van der Waals surface area contributed by atoms with E-state index in [1.807, 2.05) is 42.5 Å². The number of hydrogen-bond acceptors (Lipinski definition) is 1. The molecule has 0 aliphatic heterocycles. The van der Waals surface area contributed by atoms with Crippen LogP contribution in [0.3, 0.4) is 0 Å². The first-order valence-electron chi connectivity index (χ1n) is 9.89. The third kappa shape index (κ3) is 3.03. The number of carbonyl (C=O) groups excluding carboxylic acids is 1. The second-order valence-corrected chi connectivity index (χ2v) is 7.33. The van der Waals surface area contributed by atoms with Crippen molar-refractivity contribution in [3.63, 3.8) is 0 Å². The molecule has 0 aliphatic rings. The molecule has 0 atom stereocenters. The van der Waals surface area contributed by atoms with Crippen LogP contribution in [0, 0.1) is 6.92 Å². The van der Waals surface area contributed by atoms with Crippen molar-refractivity contribution in [2.75, 3.05) is 4.90 Å². The number of rotatable bonds is 3. The van der Waals surface area contributed by atoms with Crippen LogP contribution in [0.2, 0.25) is 0 Å². The van der Waals surface area contributed by atoms with Gasteiger partial charge >= 0.3 is 17.9 Å². The Kier molecular flexibility index (Phi) is 4.51. The second-order valence-electron chi connectivity index (χ2n) is 7.33. The molecule has 2 aromatic heterocycles. The van der Waals surface area contributed by atoms with Gasteiger partial charge in [-0.3, -0.25) is 9.61 Å². The van der Waals surface area contributed by atoms with Gasteiger partial charge in [-0.15, -0.1) is 0 Å². The second kappa shape index (κ2) is 7.26. The van der Waals surface area contributed by atoms with Gasteiger partial charge in [-0.25, -0.2) is 4.79 Å². The molecular formula is C24H17F3N4O. The van der Waals surface area contributed by atoms with E-state index in [0.29, 0.717) is 27.2 Å². The van der Waals surface area contributed by atoms with Crippen molar-refractivity contribution < 1.29 is 22.6 Å². The number of amides is 1. The summed E-state index contributed by atoms with van der Waals surface area (Å²) in [7, 11) is 0. The highest BCUT2D eigenvalue weighted by molar-refractivity contribution is 6.03. The topological polar surface area (TPSA) is 42.9 Å². The Labute approximate surface area is 180 Å². The summed E-state index contributed by atoms with van der Waals surface area (Å²) in [6.45, 7) is 1.70. The lowest BCUT2D eigenvalue weighted by atomic mass is 10.1. The summed E-state index contributed by atoms with van der Waals surface area (Å²) in [5.41, 5.74) is 3.36. The maximum atomic E-state index is 13.7. The van der Waals surface area contributed by atoms with Crippen molar-refractivity contribution in [1.82, 2.24) is 9.61 Å². The number of fused-ring (bicyclic) bond motifs is 3. The highest BCUT2D eigenvalue weighted by Gasteiger charge is 2.50. The number of aromatic nitrogens is 3. The minimum atomic E-state index is -5.07. The third-order valence-electron chi connectivity index (χ3n) is 5.31. The molecule has 0 unspecified atom stereocenters. The number of anilines is 2. The molecule has 5 aromatic rings. The van der Waals surface area contributed by atoms with Crippen molar-refractivity contribution in [2.24, 2.45) is 0 Å². The van der Waals surface area contributed by atoms with Crippen LogP contribution in [0.5, 0.6) is 0 Å². The summed E-state index contributed by atoms with van der Waals surface area (Å²) in [6, 6.07) is 24.4. The molecule has 0 saturated heterocycles. The van der Waals surface area contributed by atoms with Crippen molar-refractivity contribution >= 4 is 28.4 Å². The van der Waals surface area contributed by atoms with Gasteiger partial charge in [0.1, 0.15) is 5.69 Å². The van der Waals surface area contributed by atoms with Crippen molar-refractivity contribution in [3.8, 4) is 11.3 Å². The molecular weight excluding hydrogens is 417 g/mol. The van der Waals surface area contributed by atoms with Crippen LogP contribution in [-0.4, -0.2) is 16.6 Å². The molecule has 5 rings (SSSR count). The van der Waals surface area contributed by atoms with Crippen molar-refractivity contribution in [1.29, 1.82) is 0 Å². The SMILES string of the molecule is Cc1c(-c2ccccc2)n2c3ccccc3[n-][n+]2c1N(C(=O)C(F)(F)F)c1ccccc1. The number of benzene rings is 3. The van der Waals surface area contributed by atoms with Gasteiger partial charge < -0.3 is 0 Å². The molecule has 0 aliphatic carbocycles. The molecule has 0 spiro atoms. The Bertz CT molecular complexity index is 1440. The lowest BCUT2D eigenvalue weighted by molar-refractivity contribution is -0.660. The number of carbonyl (C=O) groups is 1. The average molecular weight is 434 g/mol. The fourth-order valence-electron chi connectivity index (χ4n) is 3.98. The smallest absolute Gasteiger partial charge is 0.285 e. The molecule has 0 saturated carbocycles. The lowest BCUT2D eigenvalue weighted by Gasteiger charge is -2.16. The van der Waals surface area contributed by atoms with Gasteiger partial charge in [0.15, 0.2) is 0 Å². The van der Waals surface area contributed by atoms with Crippen LogP contribution in [-0.2, 0) is 4.79 Å². The monoisotopic (exact) mass is 434 g/mol. The lowest BCUT2D eigenvalue weighted by Crippen LogP contribution is -2.45. The standard InChI is InChI=1S/C24H17F3N4O/c1-16-21(17-10-4-2-5-11-17)30-20-15-9-8-14-19(20)28-31(30)22(16)29(23(32)24(25,26)27)18-12-6-3-7-13-18/h2-15H,1H3. The van der Waals surface area contributed by atoms with Gasteiger partial charge in [0.25, 0.3) is 0 Å². The number of halogens is 3. The largest absolute Gasteiger partial charge is 0.495 e. The predicted octanol–water partition coefficient (Wildman–Crippen LogP) is 4.84. The minimum absolute atomic E-state index is 0.0357. The zero-order valence-corrected chi connectivity index (χ0v) is 16.9. The van der Waals surface area contributed by atoms with Crippen molar-refractivity contribution in [3.05, 3.63) is 90.5 Å². The molecule has 1 amide bonds. The maximum absolute atomic E-state index is 13.7. The molecule has 0 radical (unpaired) electrons. The Morgan fingerprint density at radius 1 is 0.906 bits per heavy atom. The van der Waals surface area contributed by atoms with E-state index in [1.165, 1.54) is 16.8 Å². The quantitative estimate of drug-likeness (QED) is 0.382. The summed E-state index contributed by atoms with van der Waals surface area (Å²) in [5.74, 6) is -1.95. The first kappa shape index (κ1) is 19.9. The van der Waals surface area contributed by atoms with Crippen LogP contribution in [0.15, 0.2) is 84.9 Å². The number of alkyl halides is 3. The maximum Gasteiger partial charge on any atom is 0.495 e. The first-order chi connectivity index (χ1) is 15.4. The summed E-state index contributed by atoms with van der Waals surface area (Å²) >= 11 is 0. The van der Waals surface area contributed by atoms with Gasteiger partial charge in [-0.2, -0.15) is 22.7 Å². The molecule has 5 nitrogen and oxygen atoms in total. The van der Waals surface area contributed by atoms with E-state index in [2.05, 4.69) is 5.10 Å². The van der Waals surface area contributed by atoms with Crippen LogP contribution in [0.4, 0.5) is 24.7 Å². The predicted molar refractivity (Wildman–Crippen MR) is 114 cm³/mol. The van der Waals surface area contributed by atoms with Gasteiger partial charge in [-0.05, 0) is 24.6 Å². The molecule has 0 bridgehead atoms. The molecule has 8 heteroatoms. The zero-order valence-electron chi connectivity index (χ0n) is 16.9. The number of para-hydroxylation sites is 2. The fraction of sp³-hybridized carbons (Fsp3) is 0.0833. The first-order valence-corrected chi connectivity index (χ1v) is 9.89. The van der Waals surface area contributed by atoms with Crippen LogP contribution >= 0.6 is 0 Å². The Morgan fingerprint density at radius 3 is 2.16 bits per heavy atom. The minimum Gasteiger partial charge on any atom is -0.285 e. The van der Waals surface area contributed by atoms with Gasteiger partial charge in [-0.1, -0.05) is 72.8 Å². The normalized spacial score (nSPS) is 11.9. The van der Waals surface area contributed by atoms with Crippen molar-refractivity contribution in [2.45, 2.75) is 13.1 Å².